The van der Waals surface area contributed by atoms with E-state index in [4.69, 9.17) is 0 Å². The fraction of sp³-hybridized carbons (Fsp3) is 0.412. The molecule has 0 saturated carbocycles. The van der Waals surface area contributed by atoms with Crippen LogP contribution in [0.3, 0.4) is 0 Å². The van der Waals surface area contributed by atoms with Crippen LogP contribution in [-0.2, 0) is 16.1 Å². The van der Waals surface area contributed by atoms with Gasteiger partial charge in [-0.3, -0.25) is 9.59 Å². The van der Waals surface area contributed by atoms with Crippen LogP contribution in [0.25, 0.3) is 11.4 Å². The summed E-state index contributed by atoms with van der Waals surface area (Å²) in [6.07, 6.45) is 0. The van der Waals surface area contributed by atoms with Gasteiger partial charge in [0.2, 0.25) is 11.8 Å². The Morgan fingerprint density at radius 1 is 1.20 bits per heavy atom. The lowest BCUT2D eigenvalue weighted by molar-refractivity contribution is -0.127. The lowest BCUT2D eigenvalue weighted by Gasteiger charge is -2.13. The minimum absolute atomic E-state index is 0.177. The number of carbonyl (C=O) groups is 2. The van der Waals surface area contributed by atoms with Crippen LogP contribution < -0.4 is 10.6 Å². The van der Waals surface area contributed by atoms with E-state index in [0.29, 0.717) is 18.2 Å². The number of nitrogens with zero attached hydrogens (tertiary/aromatic N) is 3. The van der Waals surface area contributed by atoms with Crippen LogP contribution in [0.4, 0.5) is 0 Å². The second kappa shape index (κ2) is 9.22. The van der Waals surface area contributed by atoms with Crippen molar-refractivity contribution in [1.82, 2.24) is 25.4 Å². The number of amides is 2. The highest BCUT2D eigenvalue weighted by molar-refractivity contribution is 7.99. The molecule has 0 bridgehead atoms. The van der Waals surface area contributed by atoms with Crippen molar-refractivity contribution in [3.8, 4) is 11.4 Å². The highest BCUT2D eigenvalue weighted by atomic mass is 32.2. The van der Waals surface area contributed by atoms with Crippen molar-refractivity contribution < 1.29 is 9.59 Å². The smallest absolute Gasteiger partial charge is 0.242 e. The Bertz CT molecular complexity index is 717. The fourth-order valence-electron chi connectivity index (χ4n) is 2.29. The average Bonchev–Trinajstić information content (AvgIpc) is 3.03. The van der Waals surface area contributed by atoms with Gasteiger partial charge in [0.1, 0.15) is 6.04 Å². The van der Waals surface area contributed by atoms with Gasteiger partial charge in [0, 0.05) is 18.7 Å². The van der Waals surface area contributed by atoms with Gasteiger partial charge >= 0.3 is 0 Å². The molecule has 1 aromatic heterocycles. The van der Waals surface area contributed by atoms with Gasteiger partial charge in [0.25, 0.3) is 0 Å². The maximum Gasteiger partial charge on any atom is 0.242 e. The largest absolute Gasteiger partial charge is 0.355 e. The van der Waals surface area contributed by atoms with Crippen LogP contribution in [0.15, 0.2) is 35.5 Å². The molecule has 2 N–H and O–H groups in total. The zero-order valence-electron chi connectivity index (χ0n) is 14.7. The first kappa shape index (κ1) is 19.0. The maximum atomic E-state index is 12.0. The third-order valence-corrected chi connectivity index (χ3v) is 4.49. The number of thioether (sulfide) groups is 1. The Morgan fingerprint density at radius 2 is 1.92 bits per heavy atom. The van der Waals surface area contributed by atoms with E-state index in [-0.39, 0.29) is 17.6 Å². The van der Waals surface area contributed by atoms with Crippen LogP contribution >= 0.6 is 11.8 Å². The molecule has 2 rings (SSSR count). The summed E-state index contributed by atoms with van der Waals surface area (Å²) in [4.78, 5) is 23.7. The molecule has 0 aliphatic carbocycles. The number of likely N-dealkylation sites (N-methyl/N-ethyl adjacent to an activating group) is 1. The summed E-state index contributed by atoms with van der Waals surface area (Å²) < 4.78 is 1.97. The number of hydrogen-bond donors (Lipinski definition) is 2. The number of rotatable bonds is 8. The van der Waals surface area contributed by atoms with Gasteiger partial charge in [-0.1, -0.05) is 42.1 Å². The van der Waals surface area contributed by atoms with Gasteiger partial charge in [-0.2, -0.15) is 0 Å². The van der Waals surface area contributed by atoms with Crippen molar-refractivity contribution in [3.05, 3.63) is 30.3 Å². The van der Waals surface area contributed by atoms with E-state index in [1.54, 1.807) is 6.92 Å². The third-order valence-electron chi connectivity index (χ3n) is 3.52. The van der Waals surface area contributed by atoms with E-state index in [9.17, 15) is 9.59 Å². The standard InChI is InChI=1S/C17H23N5O2S/c1-4-18-16(24)12(3)19-14(23)11-25-17-21-20-15(22(17)5-2)13-9-7-6-8-10-13/h6-10,12H,4-5,11H2,1-3H3,(H,18,24)(H,19,23)/t12-/m0/s1. The predicted molar refractivity (Wildman–Crippen MR) is 98.1 cm³/mol. The summed E-state index contributed by atoms with van der Waals surface area (Å²) in [6.45, 7) is 6.75. The van der Waals surface area contributed by atoms with Crippen LogP contribution in [0.1, 0.15) is 20.8 Å². The van der Waals surface area contributed by atoms with E-state index >= 15 is 0 Å². The molecular weight excluding hydrogens is 338 g/mol. The maximum absolute atomic E-state index is 12.0. The van der Waals surface area contributed by atoms with E-state index in [1.807, 2.05) is 48.7 Å². The summed E-state index contributed by atoms with van der Waals surface area (Å²) in [5.74, 6) is 0.553. The first-order chi connectivity index (χ1) is 12.1. The Morgan fingerprint density at radius 3 is 2.56 bits per heavy atom. The summed E-state index contributed by atoms with van der Waals surface area (Å²) >= 11 is 1.31. The van der Waals surface area contributed by atoms with Gasteiger partial charge in [0.15, 0.2) is 11.0 Å². The molecule has 8 heteroatoms. The average molecular weight is 361 g/mol. The van der Waals surface area contributed by atoms with Gasteiger partial charge in [-0.15, -0.1) is 10.2 Å². The van der Waals surface area contributed by atoms with Crippen LogP contribution in [0, 0.1) is 0 Å². The van der Waals surface area contributed by atoms with Crippen LogP contribution in [0.5, 0.6) is 0 Å². The highest BCUT2D eigenvalue weighted by Gasteiger charge is 2.17. The van der Waals surface area contributed by atoms with Gasteiger partial charge in [-0.25, -0.2) is 0 Å². The van der Waals surface area contributed by atoms with Crippen LogP contribution in [0.2, 0.25) is 0 Å². The summed E-state index contributed by atoms with van der Waals surface area (Å²) in [7, 11) is 0. The summed E-state index contributed by atoms with van der Waals surface area (Å²) in [5.41, 5.74) is 0.984. The number of hydrogen-bond acceptors (Lipinski definition) is 5. The zero-order valence-corrected chi connectivity index (χ0v) is 15.5. The Balaban J connectivity index is 1.98. The molecular formula is C17H23N5O2S. The van der Waals surface area contributed by atoms with E-state index in [2.05, 4.69) is 20.8 Å². The molecule has 0 radical (unpaired) electrons. The SMILES string of the molecule is CCNC(=O)[C@H](C)NC(=O)CSc1nnc(-c2ccccc2)n1CC. The summed E-state index contributed by atoms with van der Waals surface area (Å²) in [5, 5.41) is 14.5. The quantitative estimate of drug-likeness (QED) is 0.699. The van der Waals surface area contributed by atoms with E-state index < -0.39 is 6.04 Å². The molecule has 25 heavy (non-hydrogen) atoms. The second-order valence-electron chi connectivity index (χ2n) is 5.39. The van der Waals surface area contributed by atoms with Crippen molar-refractivity contribution in [2.75, 3.05) is 12.3 Å². The molecule has 0 saturated heterocycles. The molecule has 7 nitrogen and oxygen atoms in total. The number of aromatic nitrogens is 3. The molecule has 0 aliphatic rings. The highest BCUT2D eigenvalue weighted by Crippen LogP contribution is 2.23. The molecule has 1 aromatic carbocycles. The third kappa shape index (κ3) is 5.06. The van der Waals surface area contributed by atoms with Crippen molar-refractivity contribution in [1.29, 1.82) is 0 Å². The van der Waals surface area contributed by atoms with Crippen molar-refractivity contribution in [2.45, 2.75) is 38.5 Å². The van der Waals surface area contributed by atoms with E-state index in [1.165, 1.54) is 11.8 Å². The zero-order chi connectivity index (χ0) is 18.2. The number of nitrogens with one attached hydrogen (secondary N) is 2. The second-order valence-corrected chi connectivity index (χ2v) is 6.33. The summed E-state index contributed by atoms with van der Waals surface area (Å²) in [6, 6.07) is 9.25. The normalized spacial score (nSPS) is 11.8. The molecule has 0 spiro atoms. The molecule has 0 fully saturated rings. The minimum atomic E-state index is -0.558. The minimum Gasteiger partial charge on any atom is -0.355 e. The predicted octanol–water partition coefficient (Wildman–Crippen LogP) is 1.70. The molecule has 0 aliphatic heterocycles. The molecule has 0 unspecified atom stereocenters. The lowest BCUT2D eigenvalue weighted by Crippen LogP contribution is -2.45. The van der Waals surface area contributed by atoms with Crippen LogP contribution in [-0.4, -0.2) is 44.9 Å². The topological polar surface area (TPSA) is 88.9 Å². The number of carbonyl (C=O) groups excluding carboxylic acids is 2. The van der Waals surface area contributed by atoms with Crippen molar-refractivity contribution in [2.24, 2.45) is 0 Å². The first-order valence-electron chi connectivity index (χ1n) is 8.25. The van der Waals surface area contributed by atoms with Gasteiger partial charge in [0.05, 0.1) is 5.75 Å². The molecule has 1 heterocycles. The van der Waals surface area contributed by atoms with Gasteiger partial charge < -0.3 is 15.2 Å². The van der Waals surface area contributed by atoms with Crippen molar-refractivity contribution >= 4 is 23.6 Å². The van der Waals surface area contributed by atoms with E-state index in [0.717, 1.165) is 11.4 Å². The molecule has 1 atom stereocenters. The molecule has 2 amide bonds. The Labute approximate surface area is 151 Å². The molecule has 2 aromatic rings. The Hall–Kier alpha value is -2.35. The lowest BCUT2D eigenvalue weighted by atomic mass is 10.2. The monoisotopic (exact) mass is 361 g/mol. The Kier molecular flexibility index (Phi) is 7.00. The van der Waals surface area contributed by atoms with Crippen molar-refractivity contribution in [3.63, 3.8) is 0 Å². The fourth-order valence-corrected chi connectivity index (χ4v) is 3.10. The first-order valence-corrected chi connectivity index (χ1v) is 9.23. The van der Waals surface area contributed by atoms with Gasteiger partial charge in [-0.05, 0) is 20.8 Å². The number of benzene rings is 1. The molecule has 134 valence electrons.